The predicted octanol–water partition coefficient (Wildman–Crippen LogP) is 3.64. The van der Waals surface area contributed by atoms with Gasteiger partial charge in [-0.1, -0.05) is 36.4 Å². The number of benzene rings is 3. The smallest absolute Gasteiger partial charge is 0.266 e. The summed E-state index contributed by atoms with van der Waals surface area (Å²) in [5, 5.41) is 0.523. The molecule has 0 spiro atoms. The number of fused-ring (bicyclic) bond motifs is 6. The highest BCUT2D eigenvalue weighted by molar-refractivity contribution is 6.10. The van der Waals surface area contributed by atoms with E-state index >= 15 is 0 Å². The predicted molar refractivity (Wildman–Crippen MR) is 106 cm³/mol. The molecule has 27 heavy (non-hydrogen) atoms. The second-order valence-corrected chi connectivity index (χ2v) is 6.49. The van der Waals surface area contributed by atoms with Crippen molar-refractivity contribution in [3.05, 3.63) is 88.7 Å². The molecule has 3 aromatic carbocycles. The zero-order valence-electron chi connectivity index (χ0n) is 14.6. The normalized spacial score (nSPS) is 12.8. The maximum Gasteiger partial charge on any atom is 0.266 e. The van der Waals surface area contributed by atoms with E-state index < -0.39 is 0 Å². The van der Waals surface area contributed by atoms with Gasteiger partial charge in [-0.2, -0.15) is 0 Å². The van der Waals surface area contributed by atoms with Crippen molar-refractivity contribution in [3.8, 4) is 17.1 Å². The maximum atomic E-state index is 13.4. The van der Waals surface area contributed by atoms with Crippen LogP contribution in [-0.4, -0.2) is 22.5 Å². The zero-order valence-corrected chi connectivity index (χ0v) is 14.6. The Morgan fingerprint density at radius 1 is 0.741 bits per heavy atom. The van der Waals surface area contributed by atoms with Crippen molar-refractivity contribution < 1.29 is 4.79 Å². The van der Waals surface area contributed by atoms with Crippen LogP contribution in [0, 0.1) is 0 Å². The molecule has 0 atom stereocenters. The minimum atomic E-state index is -0.185. The molecule has 0 saturated carbocycles. The molecular formula is C22H15N3O2. The van der Waals surface area contributed by atoms with Crippen molar-refractivity contribution in [3.63, 3.8) is 0 Å². The van der Waals surface area contributed by atoms with Gasteiger partial charge in [0.05, 0.1) is 27.8 Å². The summed E-state index contributed by atoms with van der Waals surface area (Å²) in [7, 11) is 1.74. The first kappa shape index (κ1) is 15.5. The Balaban J connectivity index is 2.04. The number of carbonyl (C=O) groups excluding carboxylic acids is 1. The Kier molecular flexibility index (Phi) is 3.24. The molecule has 5 heteroatoms. The van der Waals surface area contributed by atoms with E-state index in [-0.39, 0.29) is 11.5 Å². The van der Waals surface area contributed by atoms with Crippen LogP contribution in [0.2, 0.25) is 0 Å². The van der Waals surface area contributed by atoms with Crippen LogP contribution in [0.25, 0.3) is 28.0 Å². The molecule has 0 unspecified atom stereocenters. The van der Waals surface area contributed by atoms with Crippen LogP contribution in [0.1, 0.15) is 10.4 Å². The van der Waals surface area contributed by atoms with Gasteiger partial charge in [-0.3, -0.25) is 14.2 Å². The molecule has 1 aliphatic heterocycles. The number of nitrogens with zero attached hydrogens (tertiary/aromatic N) is 3. The molecular weight excluding hydrogens is 338 g/mol. The lowest BCUT2D eigenvalue weighted by molar-refractivity contribution is 0.0993. The average Bonchev–Trinajstić information content (AvgIpc) is 2.72. The lowest BCUT2D eigenvalue weighted by Crippen LogP contribution is -2.32. The second-order valence-electron chi connectivity index (χ2n) is 6.49. The van der Waals surface area contributed by atoms with Gasteiger partial charge in [0.2, 0.25) is 0 Å². The highest BCUT2D eigenvalue weighted by atomic mass is 16.2. The van der Waals surface area contributed by atoms with Gasteiger partial charge in [-0.15, -0.1) is 0 Å². The van der Waals surface area contributed by atoms with Crippen molar-refractivity contribution in [2.45, 2.75) is 0 Å². The van der Waals surface area contributed by atoms with E-state index in [1.807, 2.05) is 48.5 Å². The highest BCUT2D eigenvalue weighted by Crippen LogP contribution is 2.34. The molecule has 1 aromatic heterocycles. The second kappa shape index (κ2) is 5.64. The molecule has 130 valence electrons. The fourth-order valence-electron chi connectivity index (χ4n) is 3.63. The molecule has 5 rings (SSSR count). The van der Waals surface area contributed by atoms with E-state index in [1.54, 1.807) is 40.8 Å². The number of hydrogen-bond donors (Lipinski definition) is 0. The zero-order chi connectivity index (χ0) is 18.5. The molecule has 5 nitrogen and oxygen atoms in total. The van der Waals surface area contributed by atoms with Crippen LogP contribution >= 0.6 is 0 Å². The summed E-state index contributed by atoms with van der Waals surface area (Å²) in [5.74, 6) is 0.366. The Labute approximate surface area is 155 Å². The Bertz CT molecular complexity index is 1290. The maximum absolute atomic E-state index is 13.4. The summed E-state index contributed by atoms with van der Waals surface area (Å²) in [6.45, 7) is 0. The van der Waals surface area contributed by atoms with Crippen LogP contribution in [0.15, 0.2) is 77.6 Å². The topological polar surface area (TPSA) is 55.2 Å². The SMILES string of the molecule is CN1C(=O)c2ccccc2-n2c(nc3ccccc3c2=O)-c2ccccc21. The quantitative estimate of drug-likeness (QED) is 0.485. The molecule has 2 heterocycles. The number of aromatic nitrogens is 2. The molecule has 0 N–H and O–H groups in total. The number of para-hydroxylation sites is 3. The minimum Gasteiger partial charge on any atom is -0.311 e. The lowest BCUT2D eigenvalue weighted by Gasteiger charge is -2.26. The van der Waals surface area contributed by atoms with Gasteiger partial charge < -0.3 is 4.90 Å². The van der Waals surface area contributed by atoms with E-state index in [0.717, 1.165) is 5.56 Å². The summed E-state index contributed by atoms with van der Waals surface area (Å²) in [6.07, 6.45) is 0. The molecule has 0 radical (unpaired) electrons. The van der Waals surface area contributed by atoms with Gasteiger partial charge in [0.15, 0.2) is 0 Å². The summed E-state index contributed by atoms with van der Waals surface area (Å²) in [5.41, 5.74) is 2.92. The molecule has 0 saturated heterocycles. The van der Waals surface area contributed by atoms with Crippen molar-refractivity contribution in [1.82, 2.24) is 9.55 Å². The Morgan fingerprint density at radius 3 is 2.19 bits per heavy atom. The first-order valence-corrected chi connectivity index (χ1v) is 8.65. The standard InChI is InChI=1S/C22H15N3O2/c1-24-18-12-6-3-9-15(18)20-23-17-11-5-2-8-14(17)22(27)25(20)19-13-7-4-10-16(19)21(24)26/h2-13H,1H3. The number of hydrogen-bond acceptors (Lipinski definition) is 3. The van der Waals surface area contributed by atoms with Crippen LogP contribution in [0.5, 0.6) is 0 Å². The number of amides is 1. The number of carbonyl (C=O) groups is 1. The van der Waals surface area contributed by atoms with Gasteiger partial charge in [0.25, 0.3) is 11.5 Å². The largest absolute Gasteiger partial charge is 0.311 e. The van der Waals surface area contributed by atoms with E-state index in [0.29, 0.717) is 33.7 Å². The van der Waals surface area contributed by atoms with Gasteiger partial charge in [-0.05, 0) is 36.4 Å². The van der Waals surface area contributed by atoms with Gasteiger partial charge in [0, 0.05) is 12.6 Å². The molecule has 1 amide bonds. The van der Waals surface area contributed by atoms with Gasteiger partial charge in [0.1, 0.15) is 5.82 Å². The lowest BCUT2D eigenvalue weighted by atomic mass is 10.0. The summed E-state index contributed by atoms with van der Waals surface area (Å²) in [4.78, 5) is 32.9. The number of rotatable bonds is 0. The fraction of sp³-hybridized carbons (Fsp3) is 0.0455. The van der Waals surface area contributed by atoms with Crippen LogP contribution < -0.4 is 10.5 Å². The third-order valence-corrected chi connectivity index (χ3v) is 4.96. The van der Waals surface area contributed by atoms with Crippen LogP contribution in [0.3, 0.4) is 0 Å². The van der Waals surface area contributed by atoms with E-state index in [4.69, 9.17) is 4.98 Å². The van der Waals surface area contributed by atoms with Crippen LogP contribution in [-0.2, 0) is 0 Å². The average molecular weight is 353 g/mol. The van der Waals surface area contributed by atoms with E-state index in [1.165, 1.54) is 0 Å². The molecule has 0 fully saturated rings. The van der Waals surface area contributed by atoms with Crippen molar-refractivity contribution in [2.24, 2.45) is 0 Å². The molecule has 1 aliphatic rings. The Morgan fingerprint density at radius 2 is 1.37 bits per heavy atom. The molecule has 0 aliphatic carbocycles. The molecule has 0 bridgehead atoms. The van der Waals surface area contributed by atoms with Gasteiger partial charge in [-0.25, -0.2) is 4.98 Å². The highest BCUT2D eigenvalue weighted by Gasteiger charge is 2.27. The van der Waals surface area contributed by atoms with Gasteiger partial charge >= 0.3 is 0 Å². The third-order valence-electron chi connectivity index (χ3n) is 4.96. The van der Waals surface area contributed by atoms with E-state index in [2.05, 4.69) is 0 Å². The fourth-order valence-corrected chi connectivity index (χ4v) is 3.63. The Hall–Kier alpha value is -3.73. The minimum absolute atomic E-state index is 0.163. The van der Waals surface area contributed by atoms with Crippen molar-refractivity contribution in [2.75, 3.05) is 11.9 Å². The summed E-state index contributed by atoms with van der Waals surface area (Å²) in [6, 6.07) is 22.0. The number of anilines is 1. The summed E-state index contributed by atoms with van der Waals surface area (Å²) < 4.78 is 1.56. The summed E-state index contributed by atoms with van der Waals surface area (Å²) >= 11 is 0. The van der Waals surface area contributed by atoms with Crippen molar-refractivity contribution in [1.29, 1.82) is 0 Å². The third kappa shape index (κ3) is 2.15. The monoisotopic (exact) mass is 353 g/mol. The molecule has 4 aromatic rings. The van der Waals surface area contributed by atoms with E-state index in [9.17, 15) is 9.59 Å². The van der Waals surface area contributed by atoms with Crippen molar-refractivity contribution >= 4 is 22.5 Å². The first-order valence-electron chi connectivity index (χ1n) is 8.65. The first-order chi connectivity index (χ1) is 13.2. The van der Waals surface area contributed by atoms with Crippen LogP contribution in [0.4, 0.5) is 5.69 Å².